The SMILES string of the molecule is Cc1ccn(CCc2ccccc2)[n+]1[O-]. The van der Waals surface area contributed by atoms with Crippen molar-refractivity contribution in [2.45, 2.75) is 19.9 Å². The highest BCUT2D eigenvalue weighted by Gasteiger charge is 2.05. The average molecular weight is 202 g/mol. The first kappa shape index (κ1) is 9.77. The van der Waals surface area contributed by atoms with Crippen LogP contribution in [0.3, 0.4) is 0 Å². The van der Waals surface area contributed by atoms with Crippen LogP contribution in [0.2, 0.25) is 0 Å². The Labute approximate surface area is 89.1 Å². The van der Waals surface area contributed by atoms with Crippen LogP contribution >= 0.6 is 0 Å². The first-order valence-corrected chi connectivity index (χ1v) is 5.07. The summed E-state index contributed by atoms with van der Waals surface area (Å²) in [5.74, 6) is 0. The van der Waals surface area contributed by atoms with Gasteiger partial charge in [-0.15, -0.1) is 4.68 Å². The van der Waals surface area contributed by atoms with Gasteiger partial charge in [0.1, 0.15) is 0 Å². The molecule has 0 radical (unpaired) electrons. The molecule has 0 fully saturated rings. The van der Waals surface area contributed by atoms with Crippen molar-refractivity contribution in [1.29, 1.82) is 0 Å². The number of aryl methyl sites for hydroxylation is 3. The van der Waals surface area contributed by atoms with Crippen LogP contribution in [0.25, 0.3) is 0 Å². The molecule has 0 aliphatic carbocycles. The topological polar surface area (TPSA) is 31.9 Å². The Hall–Kier alpha value is -1.77. The number of aromatic nitrogens is 2. The molecular weight excluding hydrogens is 188 g/mol. The zero-order valence-electron chi connectivity index (χ0n) is 8.76. The monoisotopic (exact) mass is 202 g/mol. The molecule has 3 heteroatoms. The van der Waals surface area contributed by atoms with E-state index in [-0.39, 0.29) is 0 Å². The maximum Gasteiger partial charge on any atom is 0.218 e. The Balaban J connectivity index is 2.02. The van der Waals surface area contributed by atoms with E-state index in [0.29, 0.717) is 0 Å². The predicted molar refractivity (Wildman–Crippen MR) is 58.3 cm³/mol. The molecule has 2 rings (SSSR count). The van der Waals surface area contributed by atoms with Gasteiger partial charge in [0.25, 0.3) is 0 Å². The summed E-state index contributed by atoms with van der Waals surface area (Å²) in [4.78, 5) is 0.933. The normalized spacial score (nSPS) is 10.5. The molecule has 78 valence electrons. The largest absolute Gasteiger partial charge is 0.596 e. The first-order chi connectivity index (χ1) is 7.27. The Morgan fingerprint density at radius 1 is 1.20 bits per heavy atom. The van der Waals surface area contributed by atoms with Gasteiger partial charge in [-0.25, -0.2) is 0 Å². The van der Waals surface area contributed by atoms with Gasteiger partial charge in [-0.05, 0) is 12.0 Å². The summed E-state index contributed by atoms with van der Waals surface area (Å²) in [7, 11) is 0. The maximum absolute atomic E-state index is 11.5. The minimum absolute atomic E-state index is 0.724. The van der Waals surface area contributed by atoms with E-state index in [9.17, 15) is 5.21 Å². The number of hydrogen-bond acceptors (Lipinski definition) is 1. The fourth-order valence-corrected chi connectivity index (χ4v) is 1.57. The van der Waals surface area contributed by atoms with E-state index in [1.807, 2.05) is 37.4 Å². The van der Waals surface area contributed by atoms with Gasteiger partial charge < -0.3 is 5.21 Å². The molecule has 0 atom stereocenters. The fraction of sp³-hybridized carbons (Fsp3) is 0.250. The number of benzene rings is 1. The third-order valence-corrected chi connectivity index (χ3v) is 2.50. The second kappa shape index (κ2) is 4.17. The summed E-state index contributed by atoms with van der Waals surface area (Å²) in [6.07, 6.45) is 2.71. The summed E-state index contributed by atoms with van der Waals surface area (Å²) in [5, 5.41) is 11.5. The molecular formula is C12H14N2O. The van der Waals surface area contributed by atoms with Crippen molar-refractivity contribution < 1.29 is 4.85 Å². The van der Waals surface area contributed by atoms with Crippen LogP contribution in [-0.4, -0.2) is 4.68 Å². The zero-order chi connectivity index (χ0) is 10.7. The molecule has 0 aliphatic heterocycles. The Bertz CT molecular complexity index is 434. The van der Waals surface area contributed by atoms with E-state index in [0.717, 1.165) is 23.5 Å². The summed E-state index contributed by atoms with van der Waals surface area (Å²) in [6.45, 7) is 2.54. The lowest BCUT2D eigenvalue weighted by atomic mass is 10.1. The molecule has 2 aromatic rings. The Morgan fingerprint density at radius 2 is 1.93 bits per heavy atom. The van der Waals surface area contributed by atoms with Gasteiger partial charge in [-0.1, -0.05) is 35.2 Å². The van der Waals surface area contributed by atoms with Crippen molar-refractivity contribution in [2.24, 2.45) is 0 Å². The summed E-state index contributed by atoms with van der Waals surface area (Å²) in [5.41, 5.74) is 1.99. The molecule has 3 nitrogen and oxygen atoms in total. The standard InChI is InChI=1S/C12H14N2O/c1-11-7-9-13(14(11)15)10-8-12-5-3-2-4-6-12/h2-7,9H,8,10H2,1H3. The molecule has 0 amide bonds. The van der Waals surface area contributed by atoms with E-state index >= 15 is 0 Å². The van der Waals surface area contributed by atoms with Crippen molar-refractivity contribution in [2.75, 3.05) is 0 Å². The summed E-state index contributed by atoms with van der Waals surface area (Å²) in [6, 6.07) is 12.0. The highest BCUT2D eigenvalue weighted by atomic mass is 16.5. The molecule has 0 bridgehead atoms. The van der Waals surface area contributed by atoms with Gasteiger partial charge in [0.15, 0.2) is 0 Å². The maximum atomic E-state index is 11.5. The lowest BCUT2D eigenvalue weighted by molar-refractivity contribution is -0.699. The second-order valence-electron chi connectivity index (χ2n) is 3.63. The quantitative estimate of drug-likeness (QED) is 0.550. The van der Waals surface area contributed by atoms with Crippen LogP contribution in [0.1, 0.15) is 11.3 Å². The van der Waals surface area contributed by atoms with Gasteiger partial charge in [-0.2, -0.15) is 0 Å². The molecule has 0 aliphatic rings. The third kappa shape index (κ3) is 2.18. The number of nitrogens with zero attached hydrogens (tertiary/aromatic N) is 2. The van der Waals surface area contributed by atoms with Crippen LogP contribution in [0.4, 0.5) is 0 Å². The minimum Gasteiger partial charge on any atom is -0.596 e. The fourth-order valence-electron chi connectivity index (χ4n) is 1.57. The van der Waals surface area contributed by atoms with Crippen molar-refractivity contribution in [1.82, 2.24) is 4.68 Å². The number of hydrogen-bond donors (Lipinski definition) is 0. The lowest BCUT2D eigenvalue weighted by Gasteiger charge is -2.04. The number of rotatable bonds is 3. The van der Waals surface area contributed by atoms with Gasteiger partial charge in [0.2, 0.25) is 5.69 Å². The Morgan fingerprint density at radius 3 is 2.53 bits per heavy atom. The van der Waals surface area contributed by atoms with Crippen molar-refractivity contribution in [3.05, 3.63) is 59.1 Å². The third-order valence-electron chi connectivity index (χ3n) is 2.50. The van der Waals surface area contributed by atoms with Crippen LogP contribution in [0.15, 0.2) is 42.6 Å². The molecule has 0 saturated heterocycles. The van der Waals surface area contributed by atoms with Crippen LogP contribution in [-0.2, 0) is 13.0 Å². The van der Waals surface area contributed by atoms with Crippen molar-refractivity contribution >= 4 is 0 Å². The molecule has 0 unspecified atom stereocenters. The molecule has 0 spiro atoms. The van der Waals surface area contributed by atoms with Crippen LogP contribution in [0.5, 0.6) is 0 Å². The van der Waals surface area contributed by atoms with Gasteiger partial charge >= 0.3 is 0 Å². The highest BCUT2D eigenvalue weighted by Crippen LogP contribution is 2.01. The Kier molecular flexibility index (Phi) is 2.72. The molecule has 15 heavy (non-hydrogen) atoms. The van der Waals surface area contributed by atoms with Crippen molar-refractivity contribution in [3.8, 4) is 0 Å². The highest BCUT2D eigenvalue weighted by molar-refractivity contribution is 5.14. The first-order valence-electron chi connectivity index (χ1n) is 5.07. The van der Waals surface area contributed by atoms with E-state index in [2.05, 4.69) is 12.1 Å². The lowest BCUT2D eigenvalue weighted by Crippen LogP contribution is -2.39. The summed E-state index contributed by atoms with van der Waals surface area (Å²) >= 11 is 0. The molecule has 0 N–H and O–H groups in total. The van der Waals surface area contributed by atoms with E-state index in [1.54, 1.807) is 4.68 Å². The molecule has 0 saturated carbocycles. The average Bonchev–Trinajstić information content (AvgIpc) is 2.59. The van der Waals surface area contributed by atoms with Gasteiger partial charge in [-0.3, -0.25) is 0 Å². The van der Waals surface area contributed by atoms with Gasteiger partial charge in [0.05, 0.1) is 12.7 Å². The van der Waals surface area contributed by atoms with E-state index in [1.165, 1.54) is 5.56 Å². The molecule has 1 aromatic carbocycles. The van der Waals surface area contributed by atoms with Gasteiger partial charge in [0, 0.05) is 13.0 Å². The van der Waals surface area contributed by atoms with Crippen LogP contribution in [0, 0.1) is 12.1 Å². The van der Waals surface area contributed by atoms with E-state index in [4.69, 9.17) is 0 Å². The van der Waals surface area contributed by atoms with Crippen molar-refractivity contribution in [3.63, 3.8) is 0 Å². The second-order valence-corrected chi connectivity index (χ2v) is 3.63. The molecule has 1 heterocycles. The summed E-state index contributed by atoms with van der Waals surface area (Å²) < 4.78 is 1.68. The smallest absolute Gasteiger partial charge is 0.218 e. The minimum atomic E-state index is 0.724. The van der Waals surface area contributed by atoms with E-state index < -0.39 is 0 Å². The van der Waals surface area contributed by atoms with Crippen LogP contribution < -0.4 is 4.85 Å². The molecule has 1 aromatic heterocycles. The zero-order valence-corrected chi connectivity index (χ0v) is 8.76. The predicted octanol–water partition coefficient (Wildman–Crippen LogP) is 1.67.